The Labute approximate surface area is 183 Å². The molecule has 32 heavy (non-hydrogen) atoms. The third kappa shape index (κ3) is 4.47. The molecule has 0 spiro atoms. The first-order valence-electron chi connectivity index (χ1n) is 9.57. The van der Waals surface area contributed by atoms with Crippen molar-refractivity contribution in [3.05, 3.63) is 34.5 Å². The highest BCUT2D eigenvalue weighted by molar-refractivity contribution is 7.17. The number of amides is 2. The van der Waals surface area contributed by atoms with Crippen LogP contribution in [0.25, 0.3) is 21.7 Å². The fourth-order valence-corrected chi connectivity index (χ4v) is 4.06. The summed E-state index contributed by atoms with van der Waals surface area (Å²) in [6.45, 7) is 0.213. The zero-order chi connectivity index (χ0) is 23.0. The molecule has 3 N–H and O–H groups in total. The number of nitrogens with one attached hydrogen (secondary N) is 2. The van der Waals surface area contributed by atoms with Crippen LogP contribution >= 0.6 is 11.3 Å². The highest BCUT2D eigenvalue weighted by Gasteiger charge is 2.36. The molecule has 1 aliphatic rings. The first kappa shape index (κ1) is 21.9. The minimum atomic E-state index is -4.72. The number of hydrogen-bond donors (Lipinski definition) is 3. The van der Waals surface area contributed by atoms with Gasteiger partial charge < -0.3 is 20.6 Å². The van der Waals surface area contributed by atoms with Gasteiger partial charge in [-0.15, -0.1) is 11.3 Å². The number of aromatic nitrogens is 3. The van der Waals surface area contributed by atoms with Gasteiger partial charge in [0.1, 0.15) is 18.0 Å². The Morgan fingerprint density at radius 2 is 2.09 bits per heavy atom. The quantitative estimate of drug-likeness (QED) is 0.476. The molecule has 1 saturated carbocycles. The van der Waals surface area contributed by atoms with Crippen molar-refractivity contribution >= 4 is 33.6 Å². The first-order valence-corrected chi connectivity index (χ1v) is 10.5. The summed E-state index contributed by atoms with van der Waals surface area (Å²) in [4.78, 5) is 32.0. The smallest absolute Gasteiger partial charge is 0.417 e. The van der Waals surface area contributed by atoms with Gasteiger partial charge in [-0.05, 0) is 24.8 Å². The topological polar surface area (TPSA) is 118 Å². The zero-order valence-corrected chi connectivity index (χ0v) is 17.5. The molecule has 9 nitrogen and oxygen atoms in total. The lowest BCUT2D eigenvalue weighted by molar-refractivity contribution is -0.136. The Hall–Kier alpha value is -3.35. The third-order valence-electron chi connectivity index (χ3n) is 4.85. The van der Waals surface area contributed by atoms with Crippen LogP contribution in [0.2, 0.25) is 0 Å². The number of hydrogen-bond acceptors (Lipinski definition) is 7. The zero-order valence-electron chi connectivity index (χ0n) is 16.7. The fourth-order valence-electron chi connectivity index (χ4n) is 3.03. The van der Waals surface area contributed by atoms with Crippen LogP contribution in [0, 0.1) is 5.92 Å². The Bertz CT molecular complexity index is 1190. The standard InChI is InChI=1S/C19H18F3N5O4S/c1-23-17(28)11-8-32-15-12(19(20,21)22)4-13(26-14(11)15)16-25-10(6-27(16)30)7-31-18(29)24-5-9-2-3-9/h4,6,8-9,30H,2-3,5,7H2,1H3,(H,23,28)(H,24,29). The van der Waals surface area contributed by atoms with Gasteiger partial charge in [-0.2, -0.15) is 17.9 Å². The van der Waals surface area contributed by atoms with Crippen molar-refractivity contribution in [1.29, 1.82) is 0 Å². The molecule has 0 bridgehead atoms. The van der Waals surface area contributed by atoms with Crippen LogP contribution in [0.1, 0.15) is 34.5 Å². The molecule has 170 valence electrons. The number of alkyl halides is 3. The second-order valence-corrected chi connectivity index (χ2v) is 8.14. The summed E-state index contributed by atoms with van der Waals surface area (Å²) in [7, 11) is 1.36. The Balaban J connectivity index is 1.65. The highest BCUT2D eigenvalue weighted by atomic mass is 32.1. The van der Waals surface area contributed by atoms with Crippen molar-refractivity contribution < 1.29 is 32.7 Å². The lowest BCUT2D eigenvalue weighted by Gasteiger charge is -2.10. The van der Waals surface area contributed by atoms with E-state index >= 15 is 0 Å². The molecule has 0 radical (unpaired) electrons. The van der Waals surface area contributed by atoms with E-state index in [1.54, 1.807) is 0 Å². The van der Waals surface area contributed by atoms with Gasteiger partial charge in [0.2, 0.25) is 0 Å². The van der Waals surface area contributed by atoms with E-state index in [0.29, 0.717) is 17.2 Å². The molecule has 3 aromatic rings. The van der Waals surface area contributed by atoms with E-state index in [-0.39, 0.29) is 39.6 Å². The molecule has 0 aromatic carbocycles. The molecule has 3 heterocycles. The lowest BCUT2D eigenvalue weighted by Crippen LogP contribution is -2.26. The number of halogens is 3. The average molecular weight is 469 g/mol. The predicted octanol–water partition coefficient (Wildman–Crippen LogP) is 3.41. The maximum absolute atomic E-state index is 13.7. The van der Waals surface area contributed by atoms with Crippen LogP contribution in [0.4, 0.5) is 18.0 Å². The minimum absolute atomic E-state index is 0.0215. The van der Waals surface area contributed by atoms with Gasteiger partial charge in [-0.1, -0.05) is 0 Å². The van der Waals surface area contributed by atoms with E-state index in [2.05, 4.69) is 20.6 Å². The average Bonchev–Trinajstić information content (AvgIpc) is 3.36. The molecule has 0 aliphatic heterocycles. The normalized spacial score (nSPS) is 13.9. The van der Waals surface area contributed by atoms with Crippen molar-refractivity contribution in [3.8, 4) is 11.5 Å². The van der Waals surface area contributed by atoms with Crippen molar-refractivity contribution in [2.45, 2.75) is 25.6 Å². The lowest BCUT2D eigenvalue weighted by atomic mass is 10.1. The minimum Gasteiger partial charge on any atom is -0.443 e. The van der Waals surface area contributed by atoms with Crippen LogP contribution in [0.3, 0.4) is 0 Å². The molecule has 0 saturated heterocycles. The van der Waals surface area contributed by atoms with Gasteiger partial charge >= 0.3 is 12.3 Å². The first-order chi connectivity index (χ1) is 15.2. The van der Waals surface area contributed by atoms with Gasteiger partial charge in [0.05, 0.1) is 27.5 Å². The van der Waals surface area contributed by atoms with Crippen molar-refractivity contribution in [1.82, 2.24) is 25.3 Å². The van der Waals surface area contributed by atoms with E-state index in [0.717, 1.165) is 36.4 Å². The summed E-state index contributed by atoms with van der Waals surface area (Å²) < 4.78 is 46.4. The summed E-state index contributed by atoms with van der Waals surface area (Å²) in [5.41, 5.74) is -1.36. The number of rotatable bonds is 6. The number of imidazole rings is 1. The monoisotopic (exact) mass is 469 g/mol. The molecule has 0 unspecified atom stereocenters. The maximum atomic E-state index is 13.7. The second-order valence-electron chi connectivity index (χ2n) is 7.26. The number of carbonyl (C=O) groups is 2. The Morgan fingerprint density at radius 1 is 1.34 bits per heavy atom. The van der Waals surface area contributed by atoms with E-state index in [9.17, 15) is 28.0 Å². The van der Waals surface area contributed by atoms with E-state index in [4.69, 9.17) is 4.74 Å². The summed E-state index contributed by atoms with van der Waals surface area (Å²) in [6, 6.07) is 0.758. The number of pyridine rings is 1. The van der Waals surface area contributed by atoms with E-state index in [1.807, 2.05) is 0 Å². The predicted molar refractivity (Wildman–Crippen MR) is 107 cm³/mol. The summed E-state index contributed by atoms with van der Waals surface area (Å²) in [5, 5.41) is 16.4. The fraction of sp³-hybridized carbons (Fsp3) is 0.368. The molecular weight excluding hydrogens is 451 g/mol. The van der Waals surface area contributed by atoms with Gasteiger partial charge in [0, 0.05) is 19.0 Å². The highest BCUT2D eigenvalue weighted by Crippen LogP contribution is 2.40. The van der Waals surface area contributed by atoms with Crippen molar-refractivity contribution in [3.63, 3.8) is 0 Å². The largest absolute Gasteiger partial charge is 0.443 e. The maximum Gasteiger partial charge on any atom is 0.417 e. The molecule has 1 aliphatic carbocycles. The molecule has 3 aromatic heterocycles. The van der Waals surface area contributed by atoms with Gasteiger partial charge in [0.15, 0.2) is 5.82 Å². The molecular formula is C19H18F3N5O4S. The molecule has 13 heteroatoms. The third-order valence-corrected chi connectivity index (χ3v) is 5.85. The number of ether oxygens (including phenoxy) is 1. The van der Waals surface area contributed by atoms with Crippen molar-refractivity contribution in [2.75, 3.05) is 13.6 Å². The van der Waals surface area contributed by atoms with Crippen LogP contribution in [-0.4, -0.2) is 45.5 Å². The number of carbonyl (C=O) groups excluding carboxylic acids is 2. The van der Waals surface area contributed by atoms with E-state index in [1.165, 1.54) is 12.4 Å². The summed E-state index contributed by atoms with van der Waals surface area (Å²) >= 11 is 0.749. The van der Waals surface area contributed by atoms with Crippen LogP contribution in [0.5, 0.6) is 0 Å². The van der Waals surface area contributed by atoms with Crippen LogP contribution in [0.15, 0.2) is 17.6 Å². The SMILES string of the molecule is CNC(=O)c1csc2c(C(F)(F)F)cc(-c3nc(COC(=O)NCC4CC4)cn3O)nc12. The van der Waals surface area contributed by atoms with Gasteiger partial charge in [-0.25, -0.2) is 14.8 Å². The molecule has 4 rings (SSSR count). The Morgan fingerprint density at radius 3 is 2.75 bits per heavy atom. The number of fused-ring (bicyclic) bond motifs is 1. The Kier molecular flexibility index (Phi) is 5.67. The van der Waals surface area contributed by atoms with Crippen LogP contribution < -0.4 is 10.6 Å². The number of thiophene rings is 1. The molecule has 0 atom stereocenters. The van der Waals surface area contributed by atoms with Crippen molar-refractivity contribution in [2.24, 2.45) is 5.92 Å². The van der Waals surface area contributed by atoms with Gasteiger partial charge in [0.25, 0.3) is 5.91 Å². The molecule has 1 fully saturated rings. The molecule has 2 amide bonds. The summed E-state index contributed by atoms with van der Waals surface area (Å²) in [5.74, 6) is -0.414. The van der Waals surface area contributed by atoms with Gasteiger partial charge in [-0.3, -0.25) is 4.79 Å². The van der Waals surface area contributed by atoms with Crippen LogP contribution in [-0.2, 0) is 17.5 Å². The number of nitrogens with zero attached hydrogens (tertiary/aromatic N) is 3. The summed E-state index contributed by atoms with van der Waals surface area (Å²) in [6.07, 6.45) is -2.16. The second kappa shape index (κ2) is 8.30. The number of alkyl carbamates (subject to hydrolysis) is 1. The van der Waals surface area contributed by atoms with E-state index < -0.39 is 23.7 Å².